The average Bonchev–Trinajstić information content (AvgIpc) is 3.11. The van der Waals surface area contributed by atoms with Gasteiger partial charge in [-0.2, -0.15) is 0 Å². The van der Waals surface area contributed by atoms with Crippen molar-refractivity contribution in [2.45, 2.75) is 6.92 Å². The largest absolute Gasteiger partial charge is 0.368 e. The Kier molecular flexibility index (Phi) is 9.19. The standard InChI is InChI=1S/C25H27Cl3N4O.ClH/c1-17-20(16-23(30(17)2)18-6-8-19(26)9-7-18)25(33)29-10-11-31-12-14-32(15-13-31)22-5-3-4-21(27)24(22)28;/h3-9,16H,10-15H2,1-2H3,(H,29,33);1H. The molecule has 0 saturated carbocycles. The fraction of sp³-hybridized carbons (Fsp3) is 0.320. The Bertz CT molecular complexity index is 1140. The van der Waals surface area contributed by atoms with Crippen molar-refractivity contribution in [1.82, 2.24) is 14.8 Å². The zero-order chi connectivity index (χ0) is 23.5. The highest BCUT2D eigenvalue weighted by atomic mass is 35.5. The third-order valence-corrected chi connectivity index (χ3v) is 7.34. The normalized spacial score (nSPS) is 14.1. The lowest BCUT2D eigenvalue weighted by Gasteiger charge is -2.36. The molecule has 0 bridgehead atoms. The topological polar surface area (TPSA) is 40.5 Å². The van der Waals surface area contributed by atoms with Crippen LogP contribution in [0.2, 0.25) is 15.1 Å². The first-order valence-electron chi connectivity index (χ1n) is 11.0. The van der Waals surface area contributed by atoms with Crippen molar-refractivity contribution in [3.63, 3.8) is 0 Å². The minimum atomic E-state index is -0.0485. The molecule has 1 N–H and O–H groups in total. The molecule has 4 rings (SSSR count). The maximum Gasteiger partial charge on any atom is 0.253 e. The number of carbonyl (C=O) groups is 1. The van der Waals surface area contributed by atoms with Crippen molar-refractivity contribution in [2.75, 3.05) is 44.2 Å². The number of piperazine rings is 1. The molecule has 0 atom stereocenters. The number of halogens is 4. The lowest BCUT2D eigenvalue weighted by molar-refractivity contribution is 0.0947. The fourth-order valence-electron chi connectivity index (χ4n) is 4.20. The van der Waals surface area contributed by atoms with Gasteiger partial charge >= 0.3 is 0 Å². The Morgan fingerprint density at radius 2 is 1.68 bits per heavy atom. The Morgan fingerprint density at radius 1 is 1.00 bits per heavy atom. The van der Waals surface area contributed by atoms with Crippen LogP contribution in [0.5, 0.6) is 0 Å². The molecule has 1 aromatic heterocycles. The van der Waals surface area contributed by atoms with E-state index in [1.165, 1.54) is 0 Å². The van der Waals surface area contributed by atoms with Gasteiger partial charge in [0.1, 0.15) is 0 Å². The van der Waals surface area contributed by atoms with E-state index in [1.807, 2.05) is 61.0 Å². The van der Waals surface area contributed by atoms with Crippen LogP contribution in [0.3, 0.4) is 0 Å². The van der Waals surface area contributed by atoms with E-state index in [-0.39, 0.29) is 18.3 Å². The van der Waals surface area contributed by atoms with E-state index >= 15 is 0 Å². The molecule has 1 fully saturated rings. The van der Waals surface area contributed by atoms with Crippen LogP contribution >= 0.6 is 47.2 Å². The zero-order valence-electron chi connectivity index (χ0n) is 19.2. The number of nitrogens with zero attached hydrogens (tertiary/aromatic N) is 3. The number of carbonyl (C=O) groups excluding carboxylic acids is 1. The lowest BCUT2D eigenvalue weighted by Crippen LogP contribution is -2.48. The molecular weight excluding hydrogens is 514 g/mol. The van der Waals surface area contributed by atoms with Gasteiger partial charge in [-0.15, -0.1) is 12.4 Å². The smallest absolute Gasteiger partial charge is 0.253 e. The van der Waals surface area contributed by atoms with E-state index in [9.17, 15) is 4.79 Å². The highest BCUT2D eigenvalue weighted by Crippen LogP contribution is 2.33. The predicted octanol–water partition coefficient (Wildman–Crippen LogP) is 5.93. The van der Waals surface area contributed by atoms with Crippen LogP contribution in [0.4, 0.5) is 5.69 Å². The first-order chi connectivity index (χ1) is 15.8. The molecule has 0 radical (unpaired) electrons. The van der Waals surface area contributed by atoms with Gasteiger partial charge in [-0.25, -0.2) is 0 Å². The Labute approximate surface area is 222 Å². The molecule has 1 aliphatic heterocycles. The van der Waals surface area contributed by atoms with Crippen LogP contribution in [-0.4, -0.2) is 54.6 Å². The minimum Gasteiger partial charge on any atom is -0.368 e. The predicted molar refractivity (Wildman–Crippen MR) is 145 cm³/mol. The summed E-state index contributed by atoms with van der Waals surface area (Å²) in [7, 11) is 1.97. The lowest BCUT2D eigenvalue weighted by atomic mass is 10.1. The third-order valence-electron chi connectivity index (χ3n) is 6.28. The second-order valence-electron chi connectivity index (χ2n) is 8.25. The number of hydrogen-bond acceptors (Lipinski definition) is 3. The number of benzene rings is 2. The van der Waals surface area contributed by atoms with Crippen molar-refractivity contribution in [3.8, 4) is 11.3 Å². The molecule has 5 nitrogen and oxygen atoms in total. The van der Waals surface area contributed by atoms with Gasteiger partial charge in [-0.3, -0.25) is 9.69 Å². The molecule has 1 aliphatic rings. The summed E-state index contributed by atoms with van der Waals surface area (Å²) >= 11 is 18.5. The van der Waals surface area contributed by atoms with Gasteiger partial charge in [0.15, 0.2) is 0 Å². The second kappa shape index (κ2) is 11.7. The Morgan fingerprint density at radius 3 is 2.35 bits per heavy atom. The van der Waals surface area contributed by atoms with Crippen molar-refractivity contribution in [2.24, 2.45) is 7.05 Å². The van der Waals surface area contributed by atoms with Crippen LogP contribution in [0.15, 0.2) is 48.5 Å². The average molecular weight is 542 g/mol. The van der Waals surface area contributed by atoms with Crippen molar-refractivity contribution in [1.29, 1.82) is 0 Å². The van der Waals surface area contributed by atoms with Gasteiger partial charge in [-0.05, 0) is 42.8 Å². The number of aromatic nitrogens is 1. The molecule has 0 spiro atoms. The molecule has 2 heterocycles. The third kappa shape index (κ3) is 5.84. The van der Waals surface area contributed by atoms with E-state index in [4.69, 9.17) is 34.8 Å². The number of amides is 1. The maximum atomic E-state index is 12.9. The SMILES string of the molecule is Cc1c(C(=O)NCCN2CCN(c3cccc(Cl)c3Cl)CC2)cc(-c2ccc(Cl)cc2)n1C.Cl. The molecule has 2 aromatic carbocycles. The molecular formula is C25H28Cl4N4O. The van der Waals surface area contributed by atoms with E-state index in [1.54, 1.807) is 6.07 Å². The highest BCUT2D eigenvalue weighted by molar-refractivity contribution is 6.43. The molecule has 182 valence electrons. The second-order valence-corrected chi connectivity index (χ2v) is 9.47. The quantitative estimate of drug-likeness (QED) is 0.420. The summed E-state index contributed by atoms with van der Waals surface area (Å²) in [4.78, 5) is 17.5. The summed E-state index contributed by atoms with van der Waals surface area (Å²) in [6.45, 7) is 6.93. The van der Waals surface area contributed by atoms with Gasteiger partial charge in [0.2, 0.25) is 0 Å². The monoisotopic (exact) mass is 540 g/mol. The van der Waals surface area contributed by atoms with E-state index < -0.39 is 0 Å². The van der Waals surface area contributed by atoms with Crippen LogP contribution in [0.25, 0.3) is 11.3 Å². The first kappa shape index (κ1) is 26.7. The van der Waals surface area contributed by atoms with E-state index in [0.29, 0.717) is 27.2 Å². The molecule has 0 aliphatic carbocycles. The molecule has 1 amide bonds. The van der Waals surface area contributed by atoms with Crippen molar-refractivity contribution >= 4 is 58.8 Å². The van der Waals surface area contributed by atoms with Gasteiger partial charge < -0.3 is 14.8 Å². The molecule has 3 aromatic rings. The zero-order valence-corrected chi connectivity index (χ0v) is 22.2. The molecule has 34 heavy (non-hydrogen) atoms. The summed E-state index contributed by atoms with van der Waals surface area (Å²) < 4.78 is 2.04. The number of anilines is 1. The van der Waals surface area contributed by atoms with Gasteiger partial charge in [0.05, 0.1) is 21.3 Å². The van der Waals surface area contributed by atoms with E-state index in [0.717, 1.165) is 55.4 Å². The van der Waals surface area contributed by atoms with Crippen LogP contribution in [-0.2, 0) is 7.05 Å². The molecule has 9 heteroatoms. The fourth-order valence-corrected chi connectivity index (χ4v) is 4.74. The number of nitrogens with one attached hydrogen (secondary N) is 1. The van der Waals surface area contributed by atoms with Gasteiger partial charge in [0, 0.05) is 62.7 Å². The Balaban J connectivity index is 0.00000324. The van der Waals surface area contributed by atoms with Crippen LogP contribution in [0, 0.1) is 6.92 Å². The first-order valence-corrected chi connectivity index (χ1v) is 12.1. The summed E-state index contributed by atoms with van der Waals surface area (Å²) in [5.41, 5.74) is 4.63. The maximum absolute atomic E-state index is 12.9. The molecule has 0 unspecified atom stereocenters. The van der Waals surface area contributed by atoms with Crippen molar-refractivity contribution in [3.05, 3.63) is 74.9 Å². The number of rotatable bonds is 6. The van der Waals surface area contributed by atoms with Gasteiger partial charge in [-0.1, -0.05) is 53.0 Å². The highest BCUT2D eigenvalue weighted by Gasteiger charge is 2.20. The van der Waals surface area contributed by atoms with Crippen LogP contribution in [0.1, 0.15) is 16.1 Å². The summed E-state index contributed by atoms with van der Waals surface area (Å²) in [6, 6.07) is 15.3. The van der Waals surface area contributed by atoms with Crippen LogP contribution < -0.4 is 10.2 Å². The molecule has 1 saturated heterocycles. The summed E-state index contributed by atoms with van der Waals surface area (Å²) in [5.74, 6) is -0.0485. The van der Waals surface area contributed by atoms with Gasteiger partial charge in [0.25, 0.3) is 5.91 Å². The summed E-state index contributed by atoms with van der Waals surface area (Å²) in [6.07, 6.45) is 0. The number of hydrogen-bond donors (Lipinski definition) is 1. The summed E-state index contributed by atoms with van der Waals surface area (Å²) in [5, 5.41) is 4.96. The van der Waals surface area contributed by atoms with Crippen molar-refractivity contribution < 1.29 is 4.79 Å². The minimum absolute atomic E-state index is 0. The van der Waals surface area contributed by atoms with E-state index in [2.05, 4.69) is 15.1 Å². The Hall–Kier alpha value is -1.89.